The number of nitrogens with zero attached hydrogens (tertiary/aromatic N) is 1. The van der Waals surface area contributed by atoms with Gasteiger partial charge in [0, 0.05) is 31.8 Å². The summed E-state index contributed by atoms with van der Waals surface area (Å²) in [6.45, 7) is 1.62. The summed E-state index contributed by atoms with van der Waals surface area (Å²) in [4.78, 5) is 1.36. The summed E-state index contributed by atoms with van der Waals surface area (Å²) in [5.41, 5.74) is 8.30. The number of thiophene rings is 1. The molecule has 0 saturated carbocycles. The molecule has 0 fully saturated rings. The van der Waals surface area contributed by atoms with Gasteiger partial charge in [-0.15, -0.1) is 11.3 Å². The van der Waals surface area contributed by atoms with Crippen LogP contribution in [0, 0.1) is 0 Å². The predicted molar refractivity (Wildman–Crippen MR) is 85.8 cm³/mol. The molecular weight excluding hydrogens is 320 g/mol. The fourth-order valence-electron chi connectivity index (χ4n) is 2.40. The first-order chi connectivity index (χ1) is 9.28. The molecule has 0 radical (unpaired) electrons. The number of benzene rings is 1. The fourth-order valence-corrected chi connectivity index (χ4v) is 3.85. The Morgan fingerprint density at radius 1 is 1.26 bits per heavy atom. The molecule has 0 unspecified atom stereocenters. The highest BCUT2D eigenvalue weighted by molar-refractivity contribution is 9.10. The van der Waals surface area contributed by atoms with Crippen molar-refractivity contribution in [2.45, 2.75) is 13.0 Å². The van der Waals surface area contributed by atoms with Gasteiger partial charge < -0.3 is 10.3 Å². The van der Waals surface area contributed by atoms with Crippen LogP contribution in [0.1, 0.15) is 10.4 Å². The van der Waals surface area contributed by atoms with Crippen molar-refractivity contribution in [1.82, 2.24) is 4.57 Å². The Morgan fingerprint density at radius 2 is 2.16 bits per heavy atom. The second kappa shape index (κ2) is 5.49. The van der Waals surface area contributed by atoms with Crippen LogP contribution in [0.4, 0.5) is 0 Å². The molecule has 4 heteroatoms. The molecule has 3 rings (SSSR count). The minimum atomic E-state index is 0.697. The molecule has 2 aromatic heterocycles. The normalized spacial score (nSPS) is 11.3. The van der Waals surface area contributed by atoms with E-state index in [1.807, 2.05) is 0 Å². The lowest BCUT2D eigenvalue weighted by atomic mass is 10.1. The van der Waals surface area contributed by atoms with Crippen LogP contribution in [0.5, 0.6) is 0 Å². The van der Waals surface area contributed by atoms with E-state index >= 15 is 0 Å². The van der Waals surface area contributed by atoms with Gasteiger partial charge in [-0.05, 0) is 52.7 Å². The number of rotatable bonds is 4. The van der Waals surface area contributed by atoms with E-state index in [1.54, 1.807) is 11.3 Å². The Morgan fingerprint density at radius 3 is 2.89 bits per heavy atom. The molecule has 2 N–H and O–H groups in total. The molecule has 0 aliphatic rings. The van der Waals surface area contributed by atoms with Gasteiger partial charge in [-0.2, -0.15) is 0 Å². The maximum atomic E-state index is 5.67. The van der Waals surface area contributed by atoms with Gasteiger partial charge in [0.15, 0.2) is 0 Å². The van der Waals surface area contributed by atoms with Crippen LogP contribution in [-0.2, 0) is 13.0 Å². The highest BCUT2D eigenvalue weighted by atomic mass is 79.9. The van der Waals surface area contributed by atoms with Gasteiger partial charge >= 0.3 is 0 Å². The fraction of sp³-hybridized carbons (Fsp3) is 0.200. The first-order valence-corrected chi connectivity index (χ1v) is 7.95. The van der Waals surface area contributed by atoms with Gasteiger partial charge in [0.1, 0.15) is 0 Å². The quantitative estimate of drug-likeness (QED) is 0.767. The van der Waals surface area contributed by atoms with Gasteiger partial charge in [0.25, 0.3) is 0 Å². The zero-order chi connectivity index (χ0) is 13.2. The molecule has 0 amide bonds. The summed E-state index contributed by atoms with van der Waals surface area (Å²) in [6.07, 6.45) is 3.10. The number of halogens is 1. The van der Waals surface area contributed by atoms with Crippen molar-refractivity contribution < 1.29 is 0 Å². The van der Waals surface area contributed by atoms with Crippen LogP contribution in [-0.4, -0.2) is 11.1 Å². The number of aromatic nitrogens is 1. The smallest absolute Gasteiger partial charge is 0.0569 e. The van der Waals surface area contributed by atoms with E-state index in [0.717, 1.165) is 17.4 Å². The van der Waals surface area contributed by atoms with Crippen molar-refractivity contribution in [3.05, 3.63) is 56.8 Å². The number of nitrogens with two attached hydrogens (primary N) is 1. The van der Waals surface area contributed by atoms with Crippen molar-refractivity contribution in [2.24, 2.45) is 5.73 Å². The third-order valence-corrected chi connectivity index (χ3v) is 4.95. The van der Waals surface area contributed by atoms with E-state index in [2.05, 4.69) is 62.4 Å². The molecule has 3 aromatic rings. The number of fused-ring (bicyclic) bond motifs is 1. The lowest BCUT2D eigenvalue weighted by Gasteiger charge is -2.05. The lowest BCUT2D eigenvalue weighted by molar-refractivity contribution is 0.851. The second-order valence-corrected chi connectivity index (χ2v) is 6.47. The maximum Gasteiger partial charge on any atom is 0.0569 e. The van der Waals surface area contributed by atoms with E-state index in [0.29, 0.717) is 6.54 Å². The van der Waals surface area contributed by atoms with Crippen LogP contribution >= 0.6 is 27.3 Å². The van der Waals surface area contributed by atoms with Crippen LogP contribution in [0.2, 0.25) is 0 Å². The van der Waals surface area contributed by atoms with Crippen LogP contribution < -0.4 is 5.73 Å². The van der Waals surface area contributed by atoms with Gasteiger partial charge in [-0.1, -0.05) is 12.1 Å². The molecule has 0 atom stereocenters. The summed E-state index contributed by atoms with van der Waals surface area (Å²) < 4.78 is 3.46. The van der Waals surface area contributed by atoms with E-state index in [1.165, 1.54) is 21.3 Å². The molecule has 0 aliphatic heterocycles. The van der Waals surface area contributed by atoms with Crippen molar-refractivity contribution >= 4 is 38.2 Å². The Labute approximate surface area is 125 Å². The minimum Gasteiger partial charge on any atom is -0.342 e. The number of hydrogen-bond acceptors (Lipinski definition) is 2. The standard InChI is InChI=1S/C15H15BrN2S/c16-12-8-13(19-10-12)9-18-7-5-14-11(4-6-17)2-1-3-15(14)18/h1-3,5,7-8,10H,4,6,9,17H2. The molecule has 2 nitrogen and oxygen atoms in total. The molecule has 0 spiro atoms. The predicted octanol–water partition coefficient (Wildman–Crippen LogP) is 4.01. The Bertz CT molecular complexity index is 699. The molecule has 1 aromatic carbocycles. The highest BCUT2D eigenvalue weighted by Crippen LogP contribution is 2.25. The van der Waals surface area contributed by atoms with Gasteiger partial charge in [-0.25, -0.2) is 0 Å². The summed E-state index contributed by atoms with van der Waals surface area (Å²) in [5.74, 6) is 0. The average Bonchev–Trinajstić information content (AvgIpc) is 2.99. The largest absolute Gasteiger partial charge is 0.342 e. The maximum absolute atomic E-state index is 5.67. The van der Waals surface area contributed by atoms with Gasteiger partial charge in [0.05, 0.1) is 6.54 Å². The zero-order valence-corrected chi connectivity index (χ0v) is 12.9. The third-order valence-electron chi connectivity index (χ3n) is 3.27. The summed E-state index contributed by atoms with van der Waals surface area (Å²) in [6, 6.07) is 10.8. The second-order valence-electron chi connectivity index (χ2n) is 4.56. The first kappa shape index (κ1) is 12.9. The third kappa shape index (κ3) is 2.61. The van der Waals surface area contributed by atoms with Gasteiger partial charge in [-0.3, -0.25) is 0 Å². The molecule has 98 valence electrons. The first-order valence-electron chi connectivity index (χ1n) is 6.27. The Hall–Kier alpha value is -1.10. The summed E-state index contributed by atoms with van der Waals surface area (Å²) in [7, 11) is 0. The van der Waals surface area contributed by atoms with E-state index in [4.69, 9.17) is 5.73 Å². The minimum absolute atomic E-state index is 0.697. The molecular formula is C15H15BrN2S. The van der Waals surface area contributed by atoms with E-state index in [9.17, 15) is 0 Å². The molecule has 19 heavy (non-hydrogen) atoms. The molecule has 0 saturated heterocycles. The van der Waals surface area contributed by atoms with Gasteiger partial charge in [0.2, 0.25) is 0 Å². The number of hydrogen-bond donors (Lipinski definition) is 1. The molecule has 2 heterocycles. The topological polar surface area (TPSA) is 30.9 Å². The monoisotopic (exact) mass is 334 g/mol. The SMILES string of the molecule is NCCc1cccc2c1ccn2Cc1cc(Br)cs1. The Kier molecular flexibility index (Phi) is 3.73. The average molecular weight is 335 g/mol. The highest BCUT2D eigenvalue weighted by Gasteiger charge is 2.06. The van der Waals surface area contributed by atoms with Crippen LogP contribution in [0.3, 0.4) is 0 Å². The van der Waals surface area contributed by atoms with Crippen LogP contribution in [0.15, 0.2) is 46.4 Å². The van der Waals surface area contributed by atoms with Crippen molar-refractivity contribution in [3.63, 3.8) is 0 Å². The Balaban J connectivity index is 1.98. The van der Waals surface area contributed by atoms with Crippen LogP contribution in [0.25, 0.3) is 10.9 Å². The summed E-state index contributed by atoms with van der Waals surface area (Å²) >= 11 is 5.29. The molecule has 0 aliphatic carbocycles. The molecule has 0 bridgehead atoms. The summed E-state index contributed by atoms with van der Waals surface area (Å²) in [5, 5.41) is 3.45. The lowest BCUT2D eigenvalue weighted by Crippen LogP contribution is -2.03. The van der Waals surface area contributed by atoms with Crippen molar-refractivity contribution in [2.75, 3.05) is 6.54 Å². The zero-order valence-electron chi connectivity index (χ0n) is 10.5. The van der Waals surface area contributed by atoms with Crippen molar-refractivity contribution in [3.8, 4) is 0 Å². The van der Waals surface area contributed by atoms with E-state index in [-0.39, 0.29) is 0 Å². The van der Waals surface area contributed by atoms with Crippen molar-refractivity contribution in [1.29, 1.82) is 0 Å². The van der Waals surface area contributed by atoms with E-state index < -0.39 is 0 Å².